The first-order valence-electron chi connectivity index (χ1n) is 10.8. The van der Waals surface area contributed by atoms with Gasteiger partial charge in [-0.1, -0.05) is 25.3 Å². The summed E-state index contributed by atoms with van der Waals surface area (Å²) < 4.78 is 9.87. The normalized spacial score (nSPS) is 15.1. The van der Waals surface area contributed by atoms with Crippen LogP contribution in [0.25, 0.3) is 10.9 Å². The van der Waals surface area contributed by atoms with Crippen molar-refractivity contribution in [3.63, 3.8) is 0 Å². The number of fused-ring (bicyclic) bond motifs is 1. The molecule has 1 aromatic carbocycles. The van der Waals surface area contributed by atoms with Crippen molar-refractivity contribution in [1.29, 1.82) is 0 Å². The fraction of sp³-hybridized carbons (Fsp3) is 0.545. The van der Waals surface area contributed by atoms with Crippen molar-refractivity contribution in [3.8, 4) is 5.75 Å². The van der Waals surface area contributed by atoms with Gasteiger partial charge < -0.3 is 9.30 Å². The maximum Gasteiger partial charge on any atom is 0.251 e. The summed E-state index contributed by atoms with van der Waals surface area (Å²) in [6, 6.07) is 9.83. The summed E-state index contributed by atoms with van der Waals surface area (Å²) >= 11 is 0. The number of rotatable bonds is 8. The zero-order valence-corrected chi connectivity index (χ0v) is 17.1. The van der Waals surface area contributed by atoms with E-state index in [2.05, 4.69) is 20.2 Å². The van der Waals surface area contributed by atoms with Gasteiger partial charge in [-0.05, 0) is 61.2 Å². The second-order valence-electron chi connectivity index (χ2n) is 7.74. The van der Waals surface area contributed by atoms with Crippen molar-refractivity contribution in [2.45, 2.75) is 70.9 Å². The standard InChI is InChI=1S/C22H29N5O2/c1-2-26-19-11-8-12-20(18(19)14-15-22(26)28)29-16-7-6-13-21-23-24-25-27(21)17-9-4-3-5-10-17/h8,11-12,14-15,17H,2-7,9-10,13,16H2,1H3. The van der Waals surface area contributed by atoms with E-state index in [-0.39, 0.29) is 5.56 Å². The Labute approximate surface area is 170 Å². The first-order valence-corrected chi connectivity index (χ1v) is 10.8. The third kappa shape index (κ3) is 4.33. The second kappa shape index (κ2) is 9.20. The van der Waals surface area contributed by atoms with Gasteiger partial charge in [-0.2, -0.15) is 0 Å². The van der Waals surface area contributed by atoms with Crippen molar-refractivity contribution in [2.24, 2.45) is 0 Å². The largest absolute Gasteiger partial charge is 0.493 e. The Bertz CT molecular complexity index is 1000. The third-order valence-electron chi connectivity index (χ3n) is 5.84. The summed E-state index contributed by atoms with van der Waals surface area (Å²) in [5, 5.41) is 13.4. The molecule has 0 spiro atoms. The summed E-state index contributed by atoms with van der Waals surface area (Å²) in [6.07, 6.45) is 9.03. The van der Waals surface area contributed by atoms with Gasteiger partial charge in [0.15, 0.2) is 5.82 Å². The summed E-state index contributed by atoms with van der Waals surface area (Å²) in [7, 11) is 0. The number of tetrazole rings is 1. The van der Waals surface area contributed by atoms with Crippen molar-refractivity contribution in [2.75, 3.05) is 6.61 Å². The molecule has 154 valence electrons. The molecule has 0 atom stereocenters. The molecule has 1 aliphatic carbocycles. The van der Waals surface area contributed by atoms with Gasteiger partial charge in [0.25, 0.3) is 5.56 Å². The molecule has 0 N–H and O–H groups in total. The molecule has 0 aliphatic heterocycles. The Balaban J connectivity index is 1.33. The van der Waals surface area contributed by atoms with Crippen LogP contribution in [0.15, 0.2) is 35.1 Å². The number of pyridine rings is 1. The Hall–Kier alpha value is -2.70. The molecule has 0 amide bonds. The highest BCUT2D eigenvalue weighted by molar-refractivity contribution is 5.85. The maximum atomic E-state index is 12.0. The van der Waals surface area contributed by atoms with Crippen LogP contribution in [-0.2, 0) is 13.0 Å². The van der Waals surface area contributed by atoms with E-state index in [9.17, 15) is 4.79 Å². The Morgan fingerprint density at radius 1 is 1.10 bits per heavy atom. The number of hydrogen-bond acceptors (Lipinski definition) is 5. The molecule has 2 heterocycles. The molecule has 0 radical (unpaired) electrons. The van der Waals surface area contributed by atoms with E-state index in [1.165, 1.54) is 32.1 Å². The van der Waals surface area contributed by atoms with Crippen molar-refractivity contribution in [1.82, 2.24) is 24.8 Å². The van der Waals surface area contributed by atoms with E-state index in [1.54, 1.807) is 10.6 Å². The lowest BCUT2D eigenvalue weighted by atomic mass is 9.95. The summed E-state index contributed by atoms with van der Waals surface area (Å²) in [4.78, 5) is 12.0. The highest BCUT2D eigenvalue weighted by atomic mass is 16.5. The lowest BCUT2D eigenvalue weighted by molar-refractivity contribution is 0.303. The summed E-state index contributed by atoms with van der Waals surface area (Å²) in [5.74, 6) is 1.82. The van der Waals surface area contributed by atoms with E-state index in [0.717, 1.165) is 41.7 Å². The van der Waals surface area contributed by atoms with E-state index in [4.69, 9.17) is 4.74 Å². The third-order valence-corrected chi connectivity index (χ3v) is 5.84. The van der Waals surface area contributed by atoms with Gasteiger partial charge >= 0.3 is 0 Å². The first kappa shape index (κ1) is 19.6. The van der Waals surface area contributed by atoms with Crippen LogP contribution in [0.5, 0.6) is 5.75 Å². The average Bonchev–Trinajstić information content (AvgIpc) is 3.22. The predicted octanol–water partition coefficient (Wildman–Crippen LogP) is 3.91. The minimum absolute atomic E-state index is 0.0211. The molecule has 3 aromatic rings. The summed E-state index contributed by atoms with van der Waals surface area (Å²) in [5.41, 5.74) is 0.942. The molecule has 0 bridgehead atoms. The van der Waals surface area contributed by atoms with Crippen LogP contribution in [0, 0.1) is 0 Å². The number of ether oxygens (including phenoxy) is 1. The Morgan fingerprint density at radius 2 is 1.97 bits per heavy atom. The molecule has 4 rings (SSSR count). The minimum Gasteiger partial charge on any atom is -0.493 e. The van der Waals surface area contributed by atoms with Gasteiger partial charge in [0.2, 0.25) is 0 Å². The van der Waals surface area contributed by atoms with Crippen LogP contribution in [0.4, 0.5) is 0 Å². The van der Waals surface area contributed by atoms with Crippen LogP contribution < -0.4 is 10.3 Å². The van der Waals surface area contributed by atoms with E-state index in [0.29, 0.717) is 19.2 Å². The van der Waals surface area contributed by atoms with E-state index < -0.39 is 0 Å². The molecule has 7 nitrogen and oxygen atoms in total. The highest BCUT2D eigenvalue weighted by Gasteiger charge is 2.19. The molecule has 1 saturated carbocycles. The van der Waals surface area contributed by atoms with Crippen molar-refractivity contribution >= 4 is 10.9 Å². The van der Waals surface area contributed by atoms with Crippen molar-refractivity contribution in [3.05, 3.63) is 46.5 Å². The molecule has 0 unspecified atom stereocenters. The zero-order chi connectivity index (χ0) is 20.1. The molecule has 2 aromatic heterocycles. The quantitative estimate of drug-likeness (QED) is 0.541. The van der Waals surface area contributed by atoms with Gasteiger partial charge in [0.1, 0.15) is 5.75 Å². The van der Waals surface area contributed by atoms with Crippen LogP contribution in [0.3, 0.4) is 0 Å². The number of aromatic nitrogens is 5. The topological polar surface area (TPSA) is 74.8 Å². The Morgan fingerprint density at radius 3 is 2.79 bits per heavy atom. The average molecular weight is 396 g/mol. The van der Waals surface area contributed by atoms with E-state index in [1.807, 2.05) is 31.2 Å². The van der Waals surface area contributed by atoms with Gasteiger partial charge in [0, 0.05) is 24.4 Å². The van der Waals surface area contributed by atoms with E-state index >= 15 is 0 Å². The molecular formula is C22H29N5O2. The van der Waals surface area contributed by atoms with Crippen molar-refractivity contribution < 1.29 is 4.74 Å². The number of aryl methyl sites for hydroxylation is 2. The van der Waals surface area contributed by atoms with Crippen LogP contribution in [0.2, 0.25) is 0 Å². The van der Waals surface area contributed by atoms with Gasteiger partial charge in [-0.3, -0.25) is 4.79 Å². The summed E-state index contributed by atoms with van der Waals surface area (Å²) in [6.45, 7) is 3.26. The smallest absolute Gasteiger partial charge is 0.251 e. The van der Waals surface area contributed by atoms with Gasteiger partial charge in [0.05, 0.1) is 18.2 Å². The van der Waals surface area contributed by atoms with Gasteiger partial charge in [-0.25, -0.2) is 4.68 Å². The zero-order valence-electron chi connectivity index (χ0n) is 17.1. The Kier molecular flexibility index (Phi) is 6.22. The van der Waals surface area contributed by atoms with Crippen LogP contribution >= 0.6 is 0 Å². The SMILES string of the molecule is CCn1c(=O)ccc2c(OCCCCc3nnnn3C3CCCCC3)cccc21. The minimum atomic E-state index is 0.0211. The van der Waals surface area contributed by atoms with Crippen LogP contribution in [0.1, 0.15) is 63.7 Å². The molecular weight excluding hydrogens is 366 g/mol. The second-order valence-corrected chi connectivity index (χ2v) is 7.74. The van der Waals surface area contributed by atoms with Crippen LogP contribution in [-0.4, -0.2) is 31.4 Å². The lowest BCUT2D eigenvalue weighted by Crippen LogP contribution is -2.18. The molecule has 1 aliphatic rings. The maximum absolute atomic E-state index is 12.0. The highest BCUT2D eigenvalue weighted by Crippen LogP contribution is 2.28. The first-order chi connectivity index (χ1) is 14.3. The fourth-order valence-electron chi connectivity index (χ4n) is 4.30. The number of hydrogen-bond donors (Lipinski definition) is 0. The fourth-order valence-corrected chi connectivity index (χ4v) is 4.30. The number of nitrogens with zero attached hydrogens (tertiary/aromatic N) is 5. The number of benzene rings is 1. The number of unbranched alkanes of at least 4 members (excludes halogenated alkanes) is 1. The lowest BCUT2D eigenvalue weighted by Gasteiger charge is -2.22. The van der Waals surface area contributed by atoms with Gasteiger partial charge in [-0.15, -0.1) is 5.10 Å². The molecule has 29 heavy (non-hydrogen) atoms. The monoisotopic (exact) mass is 395 g/mol. The molecule has 0 saturated heterocycles. The molecule has 7 heteroatoms. The predicted molar refractivity (Wildman–Crippen MR) is 112 cm³/mol. The molecule has 1 fully saturated rings.